The number of nitrogens with one attached hydrogen (secondary N) is 1. The highest BCUT2D eigenvalue weighted by atomic mass is 16.3. The van der Waals surface area contributed by atoms with Crippen molar-refractivity contribution in [2.24, 2.45) is 5.73 Å². The summed E-state index contributed by atoms with van der Waals surface area (Å²) >= 11 is 0. The molecular weight excluding hydrogens is 216 g/mol. The fourth-order valence-corrected chi connectivity index (χ4v) is 1.53. The van der Waals surface area contributed by atoms with Crippen molar-refractivity contribution in [1.29, 1.82) is 0 Å². The summed E-state index contributed by atoms with van der Waals surface area (Å²) in [5.41, 5.74) is 7.50. The van der Waals surface area contributed by atoms with E-state index >= 15 is 0 Å². The SMILES string of the molecule is CC[C@H](CO)NC(=O)Cc1ccc(CN)cc1. The lowest BCUT2D eigenvalue weighted by Crippen LogP contribution is -2.37. The van der Waals surface area contributed by atoms with Crippen molar-refractivity contribution in [3.63, 3.8) is 0 Å². The van der Waals surface area contributed by atoms with E-state index in [0.29, 0.717) is 13.0 Å². The average molecular weight is 236 g/mol. The number of hydrogen-bond donors (Lipinski definition) is 3. The lowest BCUT2D eigenvalue weighted by molar-refractivity contribution is -0.121. The second-order valence-corrected chi connectivity index (χ2v) is 4.05. The van der Waals surface area contributed by atoms with Crippen LogP contribution in [0.5, 0.6) is 0 Å². The third-order valence-electron chi connectivity index (χ3n) is 2.70. The Kier molecular flexibility index (Phi) is 5.66. The molecule has 1 atom stereocenters. The van der Waals surface area contributed by atoms with Crippen LogP contribution in [-0.2, 0) is 17.8 Å². The quantitative estimate of drug-likeness (QED) is 0.676. The summed E-state index contributed by atoms with van der Waals surface area (Å²) in [6, 6.07) is 7.51. The van der Waals surface area contributed by atoms with Crippen molar-refractivity contribution in [1.82, 2.24) is 5.32 Å². The van der Waals surface area contributed by atoms with E-state index in [1.807, 2.05) is 31.2 Å². The number of aliphatic hydroxyl groups is 1. The van der Waals surface area contributed by atoms with Crippen LogP contribution < -0.4 is 11.1 Å². The number of amides is 1. The highest BCUT2D eigenvalue weighted by Gasteiger charge is 2.09. The Balaban J connectivity index is 2.49. The maximum absolute atomic E-state index is 11.6. The van der Waals surface area contributed by atoms with Crippen molar-refractivity contribution in [2.75, 3.05) is 6.61 Å². The first-order chi connectivity index (χ1) is 8.19. The van der Waals surface area contributed by atoms with Crippen molar-refractivity contribution in [2.45, 2.75) is 32.4 Å². The van der Waals surface area contributed by atoms with Crippen LogP contribution in [-0.4, -0.2) is 23.7 Å². The topological polar surface area (TPSA) is 75.3 Å². The highest BCUT2D eigenvalue weighted by molar-refractivity contribution is 5.78. The molecule has 94 valence electrons. The minimum atomic E-state index is -0.147. The van der Waals surface area contributed by atoms with Gasteiger partial charge in [0, 0.05) is 6.54 Å². The molecule has 0 bridgehead atoms. The minimum absolute atomic E-state index is 0.0195. The number of nitrogens with two attached hydrogens (primary N) is 1. The lowest BCUT2D eigenvalue weighted by Gasteiger charge is -2.13. The van der Waals surface area contributed by atoms with Crippen LogP contribution in [0.15, 0.2) is 24.3 Å². The molecule has 1 aromatic rings. The summed E-state index contributed by atoms with van der Waals surface area (Å²) < 4.78 is 0. The number of carbonyl (C=O) groups is 1. The van der Waals surface area contributed by atoms with Gasteiger partial charge in [-0.1, -0.05) is 31.2 Å². The summed E-state index contributed by atoms with van der Waals surface area (Å²) in [6.45, 7) is 2.42. The monoisotopic (exact) mass is 236 g/mol. The number of benzene rings is 1. The first kappa shape index (κ1) is 13.7. The van der Waals surface area contributed by atoms with E-state index in [4.69, 9.17) is 10.8 Å². The van der Waals surface area contributed by atoms with Crippen molar-refractivity contribution in [3.8, 4) is 0 Å². The van der Waals surface area contributed by atoms with Crippen LogP contribution in [0.3, 0.4) is 0 Å². The molecular formula is C13H20N2O2. The molecule has 4 N–H and O–H groups in total. The van der Waals surface area contributed by atoms with E-state index in [1.54, 1.807) is 0 Å². The van der Waals surface area contributed by atoms with Gasteiger partial charge in [0.15, 0.2) is 0 Å². The van der Waals surface area contributed by atoms with Gasteiger partial charge < -0.3 is 16.2 Å². The Morgan fingerprint density at radius 2 is 1.94 bits per heavy atom. The summed E-state index contributed by atoms with van der Waals surface area (Å²) in [7, 11) is 0. The fraction of sp³-hybridized carbons (Fsp3) is 0.462. The molecule has 0 saturated carbocycles. The largest absolute Gasteiger partial charge is 0.394 e. The molecule has 0 unspecified atom stereocenters. The van der Waals surface area contributed by atoms with E-state index in [9.17, 15) is 4.79 Å². The van der Waals surface area contributed by atoms with Gasteiger partial charge >= 0.3 is 0 Å². The third kappa shape index (κ3) is 4.54. The van der Waals surface area contributed by atoms with Crippen molar-refractivity contribution < 1.29 is 9.90 Å². The van der Waals surface area contributed by atoms with E-state index in [1.165, 1.54) is 0 Å². The second kappa shape index (κ2) is 7.04. The summed E-state index contributed by atoms with van der Waals surface area (Å²) in [5.74, 6) is -0.0635. The van der Waals surface area contributed by atoms with Gasteiger partial charge in [0.2, 0.25) is 5.91 Å². The van der Waals surface area contributed by atoms with Gasteiger partial charge in [0.1, 0.15) is 0 Å². The van der Waals surface area contributed by atoms with E-state index in [0.717, 1.165) is 17.5 Å². The van der Waals surface area contributed by atoms with E-state index in [2.05, 4.69) is 5.32 Å². The molecule has 1 aromatic carbocycles. The number of aliphatic hydroxyl groups excluding tert-OH is 1. The normalized spacial score (nSPS) is 12.2. The van der Waals surface area contributed by atoms with Gasteiger partial charge in [-0.3, -0.25) is 4.79 Å². The summed E-state index contributed by atoms with van der Waals surface area (Å²) in [6.07, 6.45) is 1.07. The van der Waals surface area contributed by atoms with Gasteiger partial charge in [-0.05, 0) is 17.5 Å². The predicted molar refractivity (Wildman–Crippen MR) is 67.3 cm³/mol. The van der Waals surface area contributed by atoms with E-state index < -0.39 is 0 Å². The molecule has 0 saturated heterocycles. The lowest BCUT2D eigenvalue weighted by atomic mass is 10.1. The molecule has 1 amide bonds. The van der Waals surface area contributed by atoms with Crippen molar-refractivity contribution >= 4 is 5.91 Å². The molecule has 4 heteroatoms. The Bertz CT molecular complexity index is 345. The van der Waals surface area contributed by atoms with Gasteiger partial charge in [0.05, 0.1) is 19.1 Å². The maximum atomic E-state index is 11.6. The van der Waals surface area contributed by atoms with Gasteiger partial charge in [0.25, 0.3) is 0 Å². The Labute approximate surface area is 102 Å². The number of hydrogen-bond acceptors (Lipinski definition) is 3. The number of rotatable bonds is 6. The van der Waals surface area contributed by atoms with Gasteiger partial charge in [-0.2, -0.15) is 0 Å². The van der Waals surface area contributed by atoms with Gasteiger partial charge in [-0.15, -0.1) is 0 Å². The number of carbonyl (C=O) groups excluding carboxylic acids is 1. The molecule has 17 heavy (non-hydrogen) atoms. The summed E-state index contributed by atoms with van der Waals surface area (Å²) in [5, 5.41) is 11.8. The van der Waals surface area contributed by atoms with Crippen LogP contribution in [0, 0.1) is 0 Å². The first-order valence-electron chi connectivity index (χ1n) is 5.87. The van der Waals surface area contributed by atoms with Crippen LogP contribution in [0.2, 0.25) is 0 Å². The Hall–Kier alpha value is -1.39. The van der Waals surface area contributed by atoms with Crippen LogP contribution in [0.1, 0.15) is 24.5 Å². The molecule has 0 spiro atoms. The maximum Gasteiger partial charge on any atom is 0.224 e. The molecule has 1 rings (SSSR count). The van der Waals surface area contributed by atoms with Crippen molar-refractivity contribution in [3.05, 3.63) is 35.4 Å². The van der Waals surface area contributed by atoms with Crippen LogP contribution >= 0.6 is 0 Å². The molecule has 0 fully saturated rings. The Morgan fingerprint density at radius 3 is 2.41 bits per heavy atom. The molecule has 4 nitrogen and oxygen atoms in total. The second-order valence-electron chi connectivity index (χ2n) is 4.05. The molecule has 0 radical (unpaired) electrons. The zero-order chi connectivity index (χ0) is 12.7. The molecule has 0 aliphatic heterocycles. The molecule has 0 aliphatic carbocycles. The molecule has 0 aromatic heterocycles. The molecule has 0 heterocycles. The summed E-state index contributed by atoms with van der Waals surface area (Å²) in [4.78, 5) is 11.6. The molecule has 0 aliphatic rings. The fourth-order valence-electron chi connectivity index (χ4n) is 1.53. The smallest absolute Gasteiger partial charge is 0.224 e. The average Bonchev–Trinajstić information content (AvgIpc) is 2.37. The standard InChI is InChI=1S/C13H20N2O2/c1-2-12(9-16)15-13(17)7-10-3-5-11(8-14)6-4-10/h3-6,12,16H,2,7-9,14H2,1H3,(H,15,17)/t12-/m1/s1. The Morgan fingerprint density at radius 1 is 1.35 bits per heavy atom. The highest BCUT2D eigenvalue weighted by Crippen LogP contribution is 2.04. The first-order valence-corrected chi connectivity index (χ1v) is 5.87. The zero-order valence-corrected chi connectivity index (χ0v) is 10.1. The van der Waals surface area contributed by atoms with E-state index in [-0.39, 0.29) is 18.6 Å². The minimum Gasteiger partial charge on any atom is -0.394 e. The van der Waals surface area contributed by atoms with Gasteiger partial charge in [-0.25, -0.2) is 0 Å². The third-order valence-corrected chi connectivity index (χ3v) is 2.70. The zero-order valence-electron chi connectivity index (χ0n) is 10.1. The van der Waals surface area contributed by atoms with Crippen LogP contribution in [0.4, 0.5) is 0 Å². The predicted octanol–water partition coefficient (Wildman–Crippen LogP) is 0.575. The van der Waals surface area contributed by atoms with Crippen LogP contribution in [0.25, 0.3) is 0 Å².